The van der Waals surface area contributed by atoms with Crippen LogP contribution in [0.5, 0.6) is 0 Å². The van der Waals surface area contributed by atoms with Crippen LogP contribution in [0.1, 0.15) is 24.9 Å². The highest BCUT2D eigenvalue weighted by atomic mass is 19.1. The fourth-order valence-electron chi connectivity index (χ4n) is 1.58. The van der Waals surface area contributed by atoms with Gasteiger partial charge in [-0.05, 0) is 26.5 Å². The Morgan fingerprint density at radius 1 is 1.38 bits per heavy atom. The topological polar surface area (TPSA) is 21.3 Å². The summed E-state index contributed by atoms with van der Waals surface area (Å²) in [4.78, 5) is 0. The van der Waals surface area contributed by atoms with Gasteiger partial charge in [-0.1, -0.05) is 6.07 Å². The monoisotopic (exact) mass is 229 g/mol. The zero-order chi connectivity index (χ0) is 12.0. The van der Waals surface area contributed by atoms with Crippen LogP contribution in [-0.2, 0) is 4.74 Å². The highest BCUT2D eigenvalue weighted by Crippen LogP contribution is 2.20. The van der Waals surface area contributed by atoms with Crippen molar-refractivity contribution in [3.05, 3.63) is 35.4 Å². The minimum atomic E-state index is -0.555. The summed E-state index contributed by atoms with van der Waals surface area (Å²) >= 11 is 0. The van der Waals surface area contributed by atoms with Crippen molar-refractivity contribution in [2.45, 2.75) is 19.4 Å². The Labute approximate surface area is 94.6 Å². The number of hydrogen-bond donors (Lipinski definition) is 1. The molecular weight excluding hydrogens is 212 g/mol. The summed E-state index contributed by atoms with van der Waals surface area (Å²) < 4.78 is 31.4. The van der Waals surface area contributed by atoms with Crippen molar-refractivity contribution < 1.29 is 13.5 Å². The molecule has 0 amide bonds. The van der Waals surface area contributed by atoms with E-state index in [4.69, 9.17) is 4.74 Å². The van der Waals surface area contributed by atoms with E-state index in [9.17, 15) is 8.78 Å². The van der Waals surface area contributed by atoms with E-state index in [1.54, 1.807) is 7.05 Å². The first-order valence-corrected chi connectivity index (χ1v) is 5.39. The number of hydrogen-bond acceptors (Lipinski definition) is 2. The van der Waals surface area contributed by atoms with Gasteiger partial charge in [0.1, 0.15) is 11.6 Å². The molecule has 1 aromatic rings. The minimum Gasteiger partial charge on any atom is -0.382 e. The van der Waals surface area contributed by atoms with Gasteiger partial charge in [0.15, 0.2) is 0 Å². The van der Waals surface area contributed by atoms with Crippen LogP contribution in [0.2, 0.25) is 0 Å². The van der Waals surface area contributed by atoms with E-state index in [0.29, 0.717) is 25.2 Å². The molecule has 2 nitrogen and oxygen atoms in total. The van der Waals surface area contributed by atoms with Gasteiger partial charge in [0.25, 0.3) is 0 Å². The van der Waals surface area contributed by atoms with Crippen molar-refractivity contribution >= 4 is 0 Å². The highest BCUT2D eigenvalue weighted by Gasteiger charge is 2.14. The molecular formula is C12H17F2NO. The second-order valence-corrected chi connectivity index (χ2v) is 3.49. The molecule has 0 saturated carbocycles. The van der Waals surface area contributed by atoms with Crippen molar-refractivity contribution in [1.29, 1.82) is 0 Å². The molecule has 0 aliphatic heterocycles. The molecule has 4 heteroatoms. The predicted octanol–water partition coefficient (Wildman–Crippen LogP) is 2.65. The summed E-state index contributed by atoms with van der Waals surface area (Å²) in [6, 6.07) is 3.49. The molecule has 1 unspecified atom stereocenters. The van der Waals surface area contributed by atoms with Crippen LogP contribution < -0.4 is 5.32 Å². The Hall–Kier alpha value is -1.00. The van der Waals surface area contributed by atoms with Crippen LogP contribution in [-0.4, -0.2) is 20.3 Å². The number of ether oxygens (including phenoxy) is 1. The summed E-state index contributed by atoms with van der Waals surface area (Å²) in [5.74, 6) is -1.07. The van der Waals surface area contributed by atoms with Gasteiger partial charge in [0.2, 0.25) is 0 Å². The Balaban J connectivity index is 2.70. The molecule has 1 atom stereocenters. The van der Waals surface area contributed by atoms with Gasteiger partial charge in [-0.2, -0.15) is 0 Å². The van der Waals surface area contributed by atoms with Crippen LogP contribution in [0, 0.1) is 11.6 Å². The van der Waals surface area contributed by atoms with Gasteiger partial charge in [-0.15, -0.1) is 0 Å². The molecule has 1 N–H and O–H groups in total. The fraction of sp³-hybridized carbons (Fsp3) is 0.500. The molecule has 0 aromatic heterocycles. The smallest absolute Gasteiger partial charge is 0.130 e. The summed E-state index contributed by atoms with van der Waals surface area (Å²) in [5.41, 5.74) is 0.476. The third-order valence-corrected chi connectivity index (χ3v) is 2.44. The molecule has 0 saturated heterocycles. The number of benzene rings is 1. The molecule has 0 radical (unpaired) electrons. The second kappa shape index (κ2) is 6.55. The number of rotatable bonds is 6. The Morgan fingerprint density at radius 2 is 2.12 bits per heavy atom. The Kier molecular flexibility index (Phi) is 5.35. The molecule has 0 fully saturated rings. The van der Waals surface area contributed by atoms with Crippen molar-refractivity contribution in [3.8, 4) is 0 Å². The van der Waals surface area contributed by atoms with Gasteiger partial charge in [-0.3, -0.25) is 0 Å². The normalized spacial score (nSPS) is 12.8. The summed E-state index contributed by atoms with van der Waals surface area (Å²) in [6.45, 7) is 3.11. The van der Waals surface area contributed by atoms with Gasteiger partial charge >= 0.3 is 0 Å². The first-order chi connectivity index (χ1) is 7.69. The lowest BCUT2D eigenvalue weighted by atomic mass is 10.0. The molecule has 90 valence electrons. The zero-order valence-corrected chi connectivity index (χ0v) is 9.59. The summed E-state index contributed by atoms with van der Waals surface area (Å²) in [6.07, 6.45) is 0.660. The maximum atomic E-state index is 13.5. The van der Waals surface area contributed by atoms with Crippen molar-refractivity contribution in [3.63, 3.8) is 0 Å². The van der Waals surface area contributed by atoms with E-state index in [-0.39, 0.29) is 6.04 Å². The SMILES string of the molecule is CCOCCC(NC)c1ccc(F)cc1F. The van der Waals surface area contributed by atoms with Crippen LogP contribution >= 0.6 is 0 Å². The molecule has 1 rings (SSSR count). The largest absolute Gasteiger partial charge is 0.382 e. The first kappa shape index (κ1) is 13.1. The molecule has 1 aromatic carbocycles. The lowest BCUT2D eigenvalue weighted by molar-refractivity contribution is 0.137. The molecule has 0 aliphatic carbocycles. The van der Waals surface area contributed by atoms with Gasteiger partial charge in [-0.25, -0.2) is 8.78 Å². The lowest BCUT2D eigenvalue weighted by Crippen LogP contribution is -2.19. The predicted molar refractivity (Wildman–Crippen MR) is 59.3 cm³/mol. The molecule has 0 bridgehead atoms. The van der Waals surface area contributed by atoms with E-state index in [1.165, 1.54) is 12.1 Å². The van der Waals surface area contributed by atoms with Crippen molar-refractivity contribution in [1.82, 2.24) is 5.32 Å². The van der Waals surface area contributed by atoms with Gasteiger partial charge in [0.05, 0.1) is 0 Å². The standard InChI is InChI=1S/C12H17F2NO/c1-3-16-7-6-12(15-2)10-5-4-9(13)8-11(10)14/h4-5,8,12,15H,3,6-7H2,1-2H3. The Bertz CT molecular complexity index is 331. The lowest BCUT2D eigenvalue weighted by Gasteiger charge is -2.17. The van der Waals surface area contributed by atoms with E-state index in [2.05, 4.69) is 5.32 Å². The highest BCUT2D eigenvalue weighted by molar-refractivity contribution is 5.22. The van der Waals surface area contributed by atoms with E-state index in [0.717, 1.165) is 6.07 Å². The van der Waals surface area contributed by atoms with E-state index < -0.39 is 11.6 Å². The van der Waals surface area contributed by atoms with E-state index >= 15 is 0 Å². The maximum Gasteiger partial charge on any atom is 0.130 e. The number of nitrogens with one attached hydrogen (secondary N) is 1. The zero-order valence-electron chi connectivity index (χ0n) is 9.59. The molecule has 0 aliphatic rings. The Morgan fingerprint density at radius 3 is 2.69 bits per heavy atom. The molecule has 0 heterocycles. The second-order valence-electron chi connectivity index (χ2n) is 3.49. The molecule has 16 heavy (non-hydrogen) atoms. The summed E-state index contributed by atoms with van der Waals surface area (Å²) in [7, 11) is 1.75. The maximum absolute atomic E-state index is 13.5. The van der Waals surface area contributed by atoms with Crippen molar-refractivity contribution in [2.75, 3.05) is 20.3 Å². The van der Waals surface area contributed by atoms with Crippen LogP contribution in [0.3, 0.4) is 0 Å². The quantitative estimate of drug-likeness (QED) is 0.757. The van der Waals surface area contributed by atoms with Gasteiger partial charge < -0.3 is 10.1 Å². The van der Waals surface area contributed by atoms with Crippen molar-refractivity contribution in [2.24, 2.45) is 0 Å². The summed E-state index contributed by atoms with van der Waals surface area (Å²) in [5, 5.41) is 3.00. The molecule has 0 spiro atoms. The van der Waals surface area contributed by atoms with Crippen LogP contribution in [0.4, 0.5) is 8.78 Å². The average molecular weight is 229 g/mol. The van der Waals surface area contributed by atoms with Crippen LogP contribution in [0.25, 0.3) is 0 Å². The average Bonchev–Trinajstić information content (AvgIpc) is 2.26. The van der Waals surface area contributed by atoms with Gasteiger partial charge in [0, 0.05) is 30.9 Å². The number of halogens is 2. The fourth-order valence-corrected chi connectivity index (χ4v) is 1.58. The minimum absolute atomic E-state index is 0.146. The third kappa shape index (κ3) is 3.54. The third-order valence-electron chi connectivity index (χ3n) is 2.44. The first-order valence-electron chi connectivity index (χ1n) is 5.39. The van der Waals surface area contributed by atoms with E-state index in [1.807, 2.05) is 6.92 Å². The van der Waals surface area contributed by atoms with Crippen LogP contribution in [0.15, 0.2) is 18.2 Å².